The van der Waals surface area contributed by atoms with Crippen LogP contribution in [-0.2, 0) is 4.79 Å². The van der Waals surface area contributed by atoms with Gasteiger partial charge < -0.3 is 25.2 Å². The summed E-state index contributed by atoms with van der Waals surface area (Å²) < 4.78 is 7.51. The minimum atomic E-state index is -0.269. The maximum absolute atomic E-state index is 12.6. The molecule has 3 heterocycles. The second kappa shape index (κ2) is 12.0. The average molecular weight is 513 g/mol. The molecule has 1 aromatic carbocycles. The fraction of sp³-hybridized carbons (Fsp3) is 0.214. The van der Waals surface area contributed by atoms with Crippen molar-refractivity contribution in [3.05, 3.63) is 79.8 Å². The molecule has 0 radical (unpaired) electrons. The van der Waals surface area contributed by atoms with Gasteiger partial charge in [0.05, 0.1) is 41.6 Å². The SMILES string of the molecule is C=C/C=C/C(=O)Nc1cc(Nc2nccc(-c3cnn4ccccc34)n2)c(OC)cc1N(C)CCN(C)C. The van der Waals surface area contributed by atoms with Gasteiger partial charge >= 0.3 is 0 Å². The fourth-order valence-corrected chi connectivity index (χ4v) is 3.87. The molecule has 4 aromatic rings. The van der Waals surface area contributed by atoms with Crippen LogP contribution in [0.2, 0.25) is 0 Å². The molecule has 0 spiro atoms. The average Bonchev–Trinajstić information content (AvgIpc) is 3.35. The van der Waals surface area contributed by atoms with Crippen LogP contribution in [0, 0.1) is 0 Å². The third-order valence-electron chi connectivity index (χ3n) is 5.86. The van der Waals surface area contributed by atoms with Crippen molar-refractivity contribution in [2.24, 2.45) is 0 Å². The molecule has 38 heavy (non-hydrogen) atoms. The largest absolute Gasteiger partial charge is 0.494 e. The van der Waals surface area contributed by atoms with E-state index in [9.17, 15) is 4.79 Å². The first-order chi connectivity index (χ1) is 18.4. The predicted molar refractivity (Wildman–Crippen MR) is 152 cm³/mol. The van der Waals surface area contributed by atoms with E-state index < -0.39 is 0 Å². The Bertz CT molecular complexity index is 1460. The van der Waals surface area contributed by atoms with Gasteiger partial charge in [-0.2, -0.15) is 5.10 Å². The lowest BCUT2D eigenvalue weighted by molar-refractivity contribution is -0.111. The number of ether oxygens (including phenoxy) is 1. The zero-order valence-corrected chi connectivity index (χ0v) is 22.0. The van der Waals surface area contributed by atoms with Crippen molar-refractivity contribution in [2.45, 2.75) is 0 Å². The van der Waals surface area contributed by atoms with Gasteiger partial charge in [0.25, 0.3) is 0 Å². The summed E-state index contributed by atoms with van der Waals surface area (Å²) in [6, 6.07) is 11.4. The van der Waals surface area contributed by atoms with Crippen LogP contribution in [-0.4, -0.2) is 71.7 Å². The molecule has 10 nitrogen and oxygen atoms in total. The number of anilines is 4. The lowest BCUT2D eigenvalue weighted by Gasteiger charge is -2.26. The second-order valence-electron chi connectivity index (χ2n) is 8.86. The zero-order valence-electron chi connectivity index (χ0n) is 22.0. The minimum absolute atomic E-state index is 0.269. The molecule has 4 rings (SSSR count). The van der Waals surface area contributed by atoms with E-state index in [4.69, 9.17) is 9.72 Å². The summed E-state index contributed by atoms with van der Waals surface area (Å²) in [5.74, 6) is 0.699. The molecule has 0 aliphatic rings. The summed E-state index contributed by atoms with van der Waals surface area (Å²) >= 11 is 0. The summed E-state index contributed by atoms with van der Waals surface area (Å²) in [4.78, 5) is 25.9. The van der Waals surface area contributed by atoms with E-state index in [1.807, 2.05) is 63.7 Å². The van der Waals surface area contributed by atoms with Crippen molar-refractivity contribution in [2.75, 3.05) is 56.9 Å². The van der Waals surface area contributed by atoms with Crippen LogP contribution < -0.4 is 20.3 Å². The highest BCUT2D eigenvalue weighted by atomic mass is 16.5. The highest BCUT2D eigenvalue weighted by molar-refractivity contribution is 6.02. The van der Waals surface area contributed by atoms with Crippen LogP contribution >= 0.6 is 0 Å². The van der Waals surface area contributed by atoms with Crippen LogP contribution in [0.5, 0.6) is 5.75 Å². The number of carbonyl (C=O) groups excluding carboxylic acids is 1. The van der Waals surface area contributed by atoms with Crippen molar-refractivity contribution in [3.8, 4) is 17.0 Å². The number of fused-ring (bicyclic) bond motifs is 1. The maximum Gasteiger partial charge on any atom is 0.248 e. The third-order valence-corrected chi connectivity index (χ3v) is 5.86. The highest BCUT2D eigenvalue weighted by Crippen LogP contribution is 2.38. The molecule has 10 heteroatoms. The van der Waals surface area contributed by atoms with Crippen molar-refractivity contribution >= 4 is 34.4 Å². The van der Waals surface area contributed by atoms with Crippen molar-refractivity contribution in [3.63, 3.8) is 0 Å². The zero-order chi connectivity index (χ0) is 27.1. The van der Waals surface area contributed by atoms with Crippen LogP contribution in [0.3, 0.4) is 0 Å². The first-order valence-corrected chi connectivity index (χ1v) is 12.1. The van der Waals surface area contributed by atoms with Gasteiger partial charge in [0, 0.05) is 50.2 Å². The van der Waals surface area contributed by atoms with Gasteiger partial charge in [0.1, 0.15) is 5.75 Å². The van der Waals surface area contributed by atoms with Gasteiger partial charge in [-0.15, -0.1) is 0 Å². The van der Waals surface area contributed by atoms with Crippen molar-refractivity contribution in [1.29, 1.82) is 0 Å². The predicted octanol–water partition coefficient (Wildman–Crippen LogP) is 4.22. The van der Waals surface area contributed by atoms with E-state index in [0.29, 0.717) is 23.1 Å². The van der Waals surface area contributed by atoms with Crippen LogP contribution in [0.25, 0.3) is 16.8 Å². The number of allylic oxidation sites excluding steroid dienone is 2. The number of aromatic nitrogens is 4. The number of rotatable bonds is 11. The Morgan fingerprint density at radius 2 is 2.00 bits per heavy atom. The summed E-state index contributed by atoms with van der Waals surface area (Å²) in [5.41, 5.74) is 4.60. The molecule has 1 amide bonds. The Hall–Kier alpha value is -4.70. The number of hydrogen-bond acceptors (Lipinski definition) is 8. The Labute approximate surface area is 222 Å². The quantitative estimate of drug-likeness (QED) is 0.228. The molecule has 0 aliphatic heterocycles. The number of nitrogens with one attached hydrogen (secondary N) is 2. The molecule has 3 aromatic heterocycles. The van der Waals surface area contributed by atoms with E-state index in [1.54, 1.807) is 36.2 Å². The topological polar surface area (TPSA) is 99.9 Å². The highest BCUT2D eigenvalue weighted by Gasteiger charge is 2.17. The minimum Gasteiger partial charge on any atom is -0.494 e. The number of hydrogen-bond donors (Lipinski definition) is 2. The smallest absolute Gasteiger partial charge is 0.248 e. The van der Waals surface area contributed by atoms with Crippen LogP contribution in [0.15, 0.2) is 79.8 Å². The molecule has 0 bridgehead atoms. The lowest BCUT2D eigenvalue weighted by atomic mass is 10.2. The maximum atomic E-state index is 12.6. The van der Waals surface area contributed by atoms with Gasteiger partial charge in [-0.25, -0.2) is 14.5 Å². The van der Waals surface area contributed by atoms with Gasteiger partial charge in [-0.3, -0.25) is 4.79 Å². The van der Waals surface area contributed by atoms with Gasteiger partial charge in [0.15, 0.2) is 0 Å². The number of likely N-dealkylation sites (N-methyl/N-ethyl adjacent to an activating group) is 2. The van der Waals surface area contributed by atoms with Gasteiger partial charge in [-0.05, 0) is 38.4 Å². The molecule has 0 atom stereocenters. The number of carbonyl (C=O) groups is 1. The summed E-state index contributed by atoms with van der Waals surface area (Å²) in [6.45, 7) is 5.22. The standard InChI is InChI=1S/C28H32N8O2/c1-6-7-11-27(37)31-22-17-23(26(38-5)18-25(22)35(4)16-15-34(2)3)33-28-29-13-12-21(32-28)20-19-30-36-14-9-8-10-24(20)36/h6-14,17-19H,1,15-16H2,2-5H3,(H,31,37)(H,29,32,33)/b11-7+. The normalized spacial score (nSPS) is 11.2. The number of nitrogens with zero attached hydrogens (tertiary/aromatic N) is 6. The number of benzene rings is 1. The molecular weight excluding hydrogens is 480 g/mol. The third kappa shape index (κ3) is 6.16. The van der Waals surface area contributed by atoms with Crippen molar-refractivity contribution < 1.29 is 9.53 Å². The van der Waals surface area contributed by atoms with E-state index in [-0.39, 0.29) is 5.91 Å². The Morgan fingerprint density at radius 1 is 1.16 bits per heavy atom. The van der Waals surface area contributed by atoms with Gasteiger partial charge in [0.2, 0.25) is 11.9 Å². The van der Waals surface area contributed by atoms with E-state index in [0.717, 1.165) is 35.6 Å². The fourth-order valence-electron chi connectivity index (χ4n) is 3.87. The Balaban J connectivity index is 1.69. The van der Waals surface area contributed by atoms with Crippen LogP contribution in [0.1, 0.15) is 0 Å². The first-order valence-electron chi connectivity index (χ1n) is 12.1. The summed E-state index contributed by atoms with van der Waals surface area (Å²) in [5, 5.41) is 10.6. The summed E-state index contributed by atoms with van der Waals surface area (Å²) in [7, 11) is 7.62. The van der Waals surface area contributed by atoms with E-state index in [2.05, 4.69) is 37.1 Å². The molecule has 196 valence electrons. The first kappa shape index (κ1) is 26.4. The van der Waals surface area contributed by atoms with Crippen LogP contribution in [0.4, 0.5) is 23.0 Å². The lowest BCUT2D eigenvalue weighted by Crippen LogP contribution is -2.29. The molecule has 0 saturated carbocycles. The van der Waals surface area contributed by atoms with Crippen molar-refractivity contribution in [1.82, 2.24) is 24.5 Å². The number of methoxy groups -OCH3 is 1. The Kier molecular flexibility index (Phi) is 8.34. The van der Waals surface area contributed by atoms with E-state index in [1.165, 1.54) is 6.08 Å². The molecule has 2 N–H and O–H groups in total. The number of pyridine rings is 1. The molecule has 0 unspecified atom stereocenters. The van der Waals surface area contributed by atoms with E-state index >= 15 is 0 Å². The van der Waals surface area contributed by atoms with Gasteiger partial charge in [-0.1, -0.05) is 24.8 Å². The molecule has 0 aliphatic carbocycles. The molecule has 0 saturated heterocycles. The second-order valence-corrected chi connectivity index (χ2v) is 8.86. The number of amides is 1. The Morgan fingerprint density at radius 3 is 2.76 bits per heavy atom. The molecule has 0 fully saturated rings. The summed E-state index contributed by atoms with van der Waals surface area (Å²) in [6.07, 6.45) is 9.94. The monoisotopic (exact) mass is 512 g/mol. The molecular formula is C28H32N8O2.